The molecule has 1 atom stereocenters. The van der Waals surface area contributed by atoms with Crippen molar-refractivity contribution in [1.29, 1.82) is 0 Å². The molecule has 0 fully saturated rings. The van der Waals surface area contributed by atoms with Gasteiger partial charge in [-0.25, -0.2) is 4.39 Å². The number of rotatable bonds is 3. The number of hydrogen-bond donors (Lipinski definition) is 1. The molecule has 3 rings (SSSR count). The molecule has 0 saturated carbocycles. The minimum atomic E-state index is -0.215. The summed E-state index contributed by atoms with van der Waals surface area (Å²) in [7, 11) is 0. The molecule has 0 saturated heterocycles. The topological polar surface area (TPSA) is 42.7 Å². The number of nitrogens with zero attached hydrogens (tertiary/aromatic N) is 3. The van der Waals surface area contributed by atoms with Gasteiger partial charge in [-0.05, 0) is 43.5 Å². The molecule has 0 spiro atoms. The first kappa shape index (κ1) is 13.7. The van der Waals surface area contributed by atoms with Crippen LogP contribution in [0.15, 0.2) is 22.7 Å². The Bertz CT molecular complexity index is 626. The van der Waals surface area contributed by atoms with E-state index in [1.165, 1.54) is 6.07 Å². The van der Waals surface area contributed by atoms with Crippen LogP contribution in [0.25, 0.3) is 0 Å². The highest BCUT2D eigenvalue weighted by atomic mass is 79.9. The van der Waals surface area contributed by atoms with Crippen LogP contribution < -0.4 is 5.32 Å². The van der Waals surface area contributed by atoms with E-state index in [4.69, 9.17) is 0 Å². The lowest BCUT2D eigenvalue weighted by atomic mass is 10.1. The van der Waals surface area contributed by atoms with Gasteiger partial charge in [0.1, 0.15) is 17.5 Å². The number of benzene rings is 1. The van der Waals surface area contributed by atoms with Gasteiger partial charge in [0, 0.05) is 17.6 Å². The fourth-order valence-corrected chi connectivity index (χ4v) is 3.01. The van der Waals surface area contributed by atoms with Crippen molar-refractivity contribution >= 4 is 15.9 Å². The van der Waals surface area contributed by atoms with Crippen LogP contribution in [-0.4, -0.2) is 14.8 Å². The summed E-state index contributed by atoms with van der Waals surface area (Å²) in [5, 5.41) is 11.8. The van der Waals surface area contributed by atoms with Crippen LogP contribution in [0, 0.1) is 12.7 Å². The molecule has 2 heterocycles. The monoisotopic (exact) mass is 338 g/mol. The van der Waals surface area contributed by atoms with Gasteiger partial charge in [-0.2, -0.15) is 0 Å². The van der Waals surface area contributed by atoms with Crippen LogP contribution in [0.2, 0.25) is 0 Å². The van der Waals surface area contributed by atoms with E-state index >= 15 is 0 Å². The fraction of sp³-hybridized carbons (Fsp3) is 0.429. The van der Waals surface area contributed by atoms with Crippen LogP contribution in [0.4, 0.5) is 4.39 Å². The molecule has 20 heavy (non-hydrogen) atoms. The zero-order chi connectivity index (χ0) is 14.1. The molecule has 1 aromatic heterocycles. The zero-order valence-corrected chi connectivity index (χ0v) is 12.8. The molecule has 1 aromatic carbocycles. The van der Waals surface area contributed by atoms with Crippen molar-refractivity contribution in [1.82, 2.24) is 20.1 Å². The summed E-state index contributed by atoms with van der Waals surface area (Å²) < 4.78 is 16.4. The van der Waals surface area contributed by atoms with E-state index in [9.17, 15) is 4.39 Å². The Morgan fingerprint density at radius 2 is 2.30 bits per heavy atom. The van der Waals surface area contributed by atoms with E-state index in [0.717, 1.165) is 41.1 Å². The van der Waals surface area contributed by atoms with E-state index in [1.807, 2.05) is 6.92 Å². The summed E-state index contributed by atoms with van der Waals surface area (Å²) >= 11 is 3.45. The van der Waals surface area contributed by atoms with Crippen LogP contribution in [-0.2, 0) is 13.1 Å². The maximum atomic E-state index is 13.3. The lowest BCUT2D eigenvalue weighted by Crippen LogP contribution is -2.28. The molecule has 1 aliphatic rings. The molecule has 0 unspecified atom stereocenters. The largest absolute Gasteiger partial charge is 0.314 e. The lowest BCUT2D eigenvalue weighted by molar-refractivity contribution is 0.381. The highest BCUT2D eigenvalue weighted by Gasteiger charge is 2.23. The first-order valence-electron chi connectivity index (χ1n) is 6.72. The third kappa shape index (κ3) is 2.62. The molecule has 4 nitrogen and oxygen atoms in total. The molecule has 0 aliphatic carbocycles. The van der Waals surface area contributed by atoms with Crippen molar-refractivity contribution < 1.29 is 4.39 Å². The molecule has 106 valence electrons. The van der Waals surface area contributed by atoms with Gasteiger partial charge in [-0.3, -0.25) is 0 Å². The number of fused-ring (bicyclic) bond motifs is 1. The number of halogens is 2. The Balaban J connectivity index is 1.75. The van der Waals surface area contributed by atoms with Crippen molar-refractivity contribution in [3.05, 3.63) is 45.7 Å². The average molecular weight is 339 g/mol. The van der Waals surface area contributed by atoms with E-state index in [2.05, 4.69) is 36.0 Å². The third-order valence-corrected chi connectivity index (χ3v) is 4.47. The molecule has 6 heteroatoms. The van der Waals surface area contributed by atoms with Crippen LogP contribution in [0.3, 0.4) is 0 Å². The van der Waals surface area contributed by atoms with Crippen molar-refractivity contribution in [2.75, 3.05) is 0 Å². The zero-order valence-electron chi connectivity index (χ0n) is 11.2. The molecule has 1 aliphatic heterocycles. The Labute approximate surface area is 125 Å². The second kappa shape index (κ2) is 5.61. The average Bonchev–Trinajstić information content (AvgIpc) is 2.82. The van der Waals surface area contributed by atoms with Gasteiger partial charge < -0.3 is 9.88 Å². The number of aryl methyl sites for hydroxylation is 1. The second-order valence-corrected chi connectivity index (χ2v) is 5.92. The summed E-state index contributed by atoms with van der Waals surface area (Å²) in [5.41, 5.74) is 0.915. The van der Waals surface area contributed by atoms with Gasteiger partial charge in [-0.1, -0.05) is 15.9 Å². The Kier molecular flexibility index (Phi) is 3.85. The number of hydrogen-bond acceptors (Lipinski definition) is 3. The van der Waals surface area contributed by atoms with Gasteiger partial charge in [-0.15, -0.1) is 10.2 Å². The molecule has 0 radical (unpaired) electrons. The summed E-state index contributed by atoms with van der Waals surface area (Å²) in [6.45, 7) is 3.56. The lowest BCUT2D eigenvalue weighted by Gasteiger charge is -2.24. The molecule has 0 amide bonds. The highest BCUT2D eigenvalue weighted by molar-refractivity contribution is 9.10. The van der Waals surface area contributed by atoms with Crippen LogP contribution in [0.1, 0.15) is 36.1 Å². The van der Waals surface area contributed by atoms with Crippen LogP contribution >= 0.6 is 15.9 Å². The Morgan fingerprint density at radius 3 is 3.15 bits per heavy atom. The maximum Gasteiger partial charge on any atom is 0.150 e. The quantitative estimate of drug-likeness (QED) is 0.934. The molecule has 1 N–H and O–H groups in total. The van der Waals surface area contributed by atoms with E-state index in [-0.39, 0.29) is 11.9 Å². The number of aromatic nitrogens is 3. The Hall–Kier alpha value is -1.27. The van der Waals surface area contributed by atoms with E-state index < -0.39 is 0 Å². The smallest absolute Gasteiger partial charge is 0.150 e. The normalized spacial score (nSPS) is 18.1. The van der Waals surface area contributed by atoms with Gasteiger partial charge in [0.2, 0.25) is 0 Å². The van der Waals surface area contributed by atoms with E-state index in [1.54, 1.807) is 12.1 Å². The fourth-order valence-electron chi connectivity index (χ4n) is 2.62. The second-order valence-electron chi connectivity index (χ2n) is 5.07. The predicted molar refractivity (Wildman–Crippen MR) is 77.7 cm³/mol. The van der Waals surface area contributed by atoms with Crippen molar-refractivity contribution in [2.24, 2.45) is 0 Å². The molecular weight excluding hydrogens is 323 g/mol. The predicted octanol–water partition coefficient (Wildman–Crippen LogP) is 3.11. The first-order valence-corrected chi connectivity index (χ1v) is 7.51. The molecular formula is C14H16BrFN4. The third-order valence-electron chi connectivity index (χ3n) is 3.70. The van der Waals surface area contributed by atoms with Gasteiger partial charge in [0.15, 0.2) is 0 Å². The molecule has 2 aromatic rings. The highest BCUT2D eigenvalue weighted by Crippen LogP contribution is 2.25. The summed E-state index contributed by atoms with van der Waals surface area (Å²) in [6, 6.07) is 4.92. The Morgan fingerprint density at radius 1 is 1.45 bits per heavy atom. The minimum absolute atomic E-state index is 0.181. The summed E-state index contributed by atoms with van der Waals surface area (Å²) in [6.07, 6.45) is 2.14. The maximum absolute atomic E-state index is 13.3. The van der Waals surface area contributed by atoms with Crippen molar-refractivity contribution in [2.45, 2.75) is 38.9 Å². The van der Waals surface area contributed by atoms with Crippen molar-refractivity contribution in [3.63, 3.8) is 0 Å². The SMILES string of the molecule is Cc1nnc2n1CCC[C@H]2NCc1cc(F)ccc1Br. The van der Waals surface area contributed by atoms with Gasteiger partial charge in [0.05, 0.1) is 6.04 Å². The molecule has 0 bridgehead atoms. The summed E-state index contributed by atoms with van der Waals surface area (Å²) in [5.74, 6) is 1.73. The first-order chi connectivity index (χ1) is 9.65. The minimum Gasteiger partial charge on any atom is -0.314 e. The van der Waals surface area contributed by atoms with Gasteiger partial charge in [0.25, 0.3) is 0 Å². The summed E-state index contributed by atoms with van der Waals surface area (Å²) in [4.78, 5) is 0. The van der Waals surface area contributed by atoms with Crippen molar-refractivity contribution in [3.8, 4) is 0 Å². The number of nitrogens with one attached hydrogen (secondary N) is 1. The standard InChI is InChI=1S/C14H16BrFN4/c1-9-18-19-14-13(3-2-6-20(9)14)17-8-10-7-11(16)4-5-12(10)15/h4-5,7,13,17H,2-3,6,8H2,1H3/t13-/m1/s1. The van der Waals surface area contributed by atoms with Crippen LogP contribution in [0.5, 0.6) is 0 Å². The van der Waals surface area contributed by atoms with Gasteiger partial charge >= 0.3 is 0 Å². The van der Waals surface area contributed by atoms with E-state index in [0.29, 0.717) is 6.54 Å².